The third-order valence-corrected chi connectivity index (χ3v) is 3.18. The van der Waals surface area contributed by atoms with Crippen molar-refractivity contribution in [3.8, 4) is 0 Å². The minimum Gasteiger partial charge on any atom is -0.480 e. The van der Waals surface area contributed by atoms with Gasteiger partial charge in [0.25, 0.3) is 5.91 Å². The number of hydrogen-bond acceptors (Lipinski definition) is 3. The molecular weight excluding hydrogens is 256 g/mol. The maximum atomic E-state index is 12.4. The lowest BCUT2D eigenvalue weighted by atomic mass is 10.1. The van der Waals surface area contributed by atoms with Gasteiger partial charge >= 0.3 is 5.97 Å². The van der Waals surface area contributed by atoms with Crippen molar-refractivity contribution < 1.29 is 14.7 Å². The van der Waals surface area contributed by atoms with Crippen molar-refractivity contribution in [1.82, 2.24) is 9.80 Å². The predicted octanol–water partition coefficient (Wildman–Crippen LogP) is 1.39. The third kappa shape index (κ3) is 4.66. The summed E-state index contributed by atoms with van der Waals surface area (Å²) in [5, 5.41) is 8.94. The fourth-order valence-corrected chi connectivity index (χ4v) is 1.79. The molecule has 110 valence electrons. The Hall–Kier alpha value is -1.88. The van der Waals surface area contributed by atoms with Crippen molar-refractivity contribution >= 4 is 11.9 Å². The summed E-state index contributed by atoms with van der Waals surface area (Å²) in [4.78, 5) is 26.6. The van der Waals surface area contributed by atoms with Crippen LogP contribution in [0.25, 0.3) is 0 Å². The van der Waals surface area contributed by atoms with Crippen LogP contribution in [0.2, 0.25) is 0 Å². The molecule has 1 N–H and O–H groups in total. The molecule has 0 spiro atoms. The molecule has 1 aromatic rings. The molecule has 0 saturated carbocycles. The van der Waals surface area contributed by atoms with Gasteiger partial charge < -0.3 is 14.9 Å². The molecule has 0 radical (unpaired) electrons. The first-order valence-corrected chi connectivity index (χ1v) is 6.54. The number of aryl methyl sites for hydroxylation is 2. The van der Waals surface area contributed by atoms with Crippen molar-refractivity contribution in [2.45, 2.75) is 13.8 Å². The highest BCUT2D eigenvalue weighted by Crippen LogP contribution is 2.12. The zero-order chi connectivity index (χ0) is 15.3. The van der Waals surface area contributed by atoms with E-state index in [4.69, 9.17) is 5.11 Å². The van der Waals surface area contributed by atoms with E-state index in [-0.39, 0.29) is 12.5 Å². The van der Waals surface area contributed by atoms with E-state index in [0.29, 0.717) is 18.7 Å². The maximum Gasteiger partial charge on any atom is 0.323 e. The zero-order valence-corrected chi connectivity index (χ0v) is 12.5. The van der Waals surface area contributed by atoms with Crippen LogP contribution >= 0.6 is 0 Å². The molecule has 5 nitrogen and oxygen atoms in total. The minimum absolute atomic E-state index is 0.239. The van der Waals surface area contributed by atoms with Gasteiger partial charge in [0.1, 0.15) is 6.54 Å². The topological polar surface area (TPSA) is 60.9 Å². The molecular formula is C15H22N2O3. The molecule has 0 fully saturated rings. The lowest BCUT2D eigenvalue weighted by molar-refractivity contribution is -0.137. The van der Waals surface area contributed by atoms with Crippen LogP contribution in [0.3, 0.4) is 0 Å². The number of nitrogens with zero attached hydrogens (tertiary/aromatic N) is 2. The van der Waals surface area contributed by atoms with Crippen LogP contribution in [0, 0.1) is 13.8 Å². The van der Waals surface area contributed by atoms with Crippen molar-refractivity contribution in [2.24, 2.45) is 0 Å². The number of aliphatic carboxylic acids is 1. The summed E-state index contributed by atoms with van der Waals surface area (Å²) in [5.41, 5.74) is 2.67. The van der Waals surface area contributed by atoms with Crippen molar-refractivity contribution in [3.63, 3.8) is 0 Å². The van der Waals surface area contributed by atoms with Crippen LogP contribution in [-0.2, 0) is 4.79 Å². The molecule has 0 aliphatic heterocycles. The van der Waals surface area contributed by atoms with E-state index in [1.165, 1.54) is 4.90 Å². The van der Waals surface area contributed by atoms with Gasteiger partial charge in [-0.1, -0.05) is 6.07 Å². The van der Waals surface area contributed by atoms with Gasteiger partial charge in [-0.3, -0.25) is 9.59 Å². The molecule has 1 aromatic carbocycles. The summed E-state index contributed by atoms with van der Waals surface area (Å²) in [5.74, 6) is -1.24. The second-order valence-electron chi connectivity index (χ2n) is 5.22. The van der Waals surface area contributed by atoms with Crippen LogP contribution in [0.1, 0.15) is 21.5 Å². The van der Waals surface area contributed by atoms with Gasteiger partial charge in [0.2, 0.25) is 0 Å². The van der Waals surface area contributed by atoms with Gasteiger partial charge in [0, 0.05) is 18.7 Å². The van der Waals surface area contributed by atoms with Crippen LogP contribution in [0.15, 0.2) is 18.2 Å². The second-order valence-corrected chi connectivity index (χ2v) is 5.22. The van der Waals surface area contributed by atoms with Gasteiger partial charge in [0.15, 0.2) is 0 Å². The first kappa shape index (κ1) is 16.2. The normalized spacial score (nSPS) is 10.7. The molecule has 20 heavy (non-hydrogen) atoms. The molecule has 0 bridgehead atoms. The van der Waals surface area contributed by atoms with Gasteiger partial charge in [-0.25, -0.2) is 0 Å². The van der Waals surface area contributed by atoms with Crippen molar-refractivity contribution in [3.05, 3.63) is 34.9 Å². The van der Waals surface area contributed by atoms with E-state index in [2.05, 4.69) is 0 Å². The summed E-state index contributed by atoms with van der Waals surface area (Å²) >= 11 is 0. The number of benzene rings is 1. The average molecular weight is 278 g/mol. The molecule has 1 amide bonds. The van der Waals surface area contributed by atoms with Crippen LogP contribution in [0.5, 0.6) is 0 Å². The van der Waals surface area contributed by atoms with Crippen molar-refractivity contribution in [2.75, 3.05) is 33.7 Å². The highest BCUT2D eigenvalue weighted by molar-refractivity contribution is 5.96. The van der Waals surface area contributed by atoms with Gasteiger partial charge in [0.05, 0.1) is 0 Å². The number of amides is 1. The first-order chi connectivity index (χ1) is 9.31. The Labute approximate surface area is 119 Å². The number of carbonyl (C=O) groups is 2. The summed E-state index contributed by atoms with van der Waals surface area (Å²) in [6.45, 7) is 4.66. The summed E-state index contributed by atoms with van der Waals surface area (Å²) in [6, 6.07) is 5.44. The Balaban J connectivity index is 2.90. The molecule has 0 atom stereocenters. The van der Waals surface area contributed by atoms with Crippen LogP contribution in [-0.4, -0.2) is 60.5 Å². The molecule has 1 rings (SSSR count). The van der Waals surface area contributed by atoms with E-state index in [0.717, 1.165) is 11.1 Å². The van der Waals surface area contributed by atoms with E-state index in [9.17, 15) is 9.59 Å². The standard InChI is InChI=1S/C15H22N2O3/c1-11-5-6-13(9-12(11)2)15(20)17(10-14(18)19)8-7-16(3)4/h5-6,9H,7-8,10H2,1-4H3,(H,18,19). The van der Waals surface area contributed by atoms with E-state index in [1.807, 2.05) is 45.0 Å². The van der Waals surface area contributed by atoms with E-state index >= 15 is 0 Å². The Kier molecular flexibility index (Phi) is 5.70. The number of likely N-dealkylation sites (N-methyl/N-ethyl adjacent to an activating group) is 1. The Morgan fingerprint density at radius 1 is 1.10 bits per heavy atom. The Morgan fingerprint density at radius 3 is 2.25 bits per heavy atom. The summed E-state index contributed by atoms with van der Waals surface area (Å²) < 4.78 is 0. The predicted molar refractivity (Wildman–Crippen MR) is 78.0 cm³/mol. The van der Waals surface area contributed by atoms with E-state index in [1.54, 1.807) is 6.07 Å². The molecule has 0 aliphatic carbocycles. The maximum absolute atomic E-state index is 12.4. The number of rotatable bonds is 6. The molecule has 0 aliphatic rings. The lowest BCUT2D eigenvalue weighted by Gasteiger charge is -2.23. The molecule has 0 heterocycles. The summed E-state index contributed by atoms with van der Waals surface area (Å²) in [6.07, 6.45) is 0. The molecule has 5 heteroatoms. The minimum atomic E-state index is -0.999. The Bertz CT molecular complexity index is 498. The SMILES string of the molecule is Cc1ccc(C(=O)N(CCN(C)C)CC(=O)O)cc1C. The third-order valence-electron chi connectivity index (χ3n) is 3.18. The van der Waals surface area contributed by atoms with Crippen LogP contribution in [0.4, 0.5) is 0 Å². The number of carbonyl (C=O) groups excluding carboxylic acids is 1. The van der Waals surface area contributed by atoms with Gasteiger partial charge in [-0.05, 0) is 51.2 Å². The second kappa shape index (κ2) is 7.05. The van der Waals surface area contributed by atoms with Crippen molar-refractivity contribution in [1.29, 1.82) is 0 Å². The average Bonchev–Trinajstić information content (AvgIpc) is 2.36. The largest absolute Gasteiger partial charge is 0.480 e. The van der Waals surface area contributed by atoms with Crippen LogP contribution < -0.4 is 0 Å². The highest BCUT2D eigenvalue weighted by Gasteiger charge is 2.18. The lowest BCUT2D eigenvalue weighted by Crippen LogP contribution is -2.40. The smallest absolute Gasteiger partial charge is 0.323 e. The number of carboxylic acids is 1. The number of hydrogen-bond donors (Lipinski definition) is 1. The fourth-order valence-electron chi connectivity index (χ4n) is 1.79. The van der Waals surface area contributed by atoms with Gasteiger partial charge in [-0.2, -0.15) is 0 Å². The van der Waals surface area contributed by atoms with Gasteiger partial charge in [-0.15, -0.1) is 0 Å². The fraction of sp³-hybridized carbons (Fsp3) is 0.467. The summed E-state index contributed by atoms with van der Waals surface area (Å²) in [7, 11) is 3.78. The zero-order valence-electron chi connectivity index (χ0n) is 12.5. The Morgan fingerprint density at radius 2 is 1.75 bits per heavy atom. The molecule has 0 saturated heterocycles. The first-order valence-electron chi connectivity index (χ1n) is 6.54. The highest BCUT2D eigenvalue weighted by atomic mass is 16.4. The monoisotopic (exact) mass is 278 g/mol. The van der Waals surface area contributed by atoms with E-state index < -0.39 is 5.97 Å². The molecule has 0 aromatic heterocycles. The quantitative estimate of drug-likeness (QED) is 0.854. The number of carboxylic acid groups (broad SMARTS) is 1. The molecule has 0 unspecified atom stereocenters.